The van der Waals surface area contributed by atoms with Crippen LogP contribution >= 0.6 is 0 Å². The van der Waals surface area contributed by atoms with Crippen molar-refractivity contribution in [1.82, 2.24) is 9.80 Å². The van der Waals surface area contributed by atoms with Crippen molar-refractivity contribution in [2.45, 2.75) is 60.1 Å². The predicted octanol–water partition coefficient (Wildman–Crippen LogP) is 5.86. The van der Waals surface area contributed by atoms with E-state index in [0.29, 0.717) is 19.0 Å². The number of benzene rings is 1. The molecular formula is C28H37BN4. The molecule has 3 aliphatic rings. The lowest BCUT2D eigenvalue weighted by Crippen LogP contribution is -2.37. The standard InChI is InChI=1S/C28H37BN4/c1-6-8-24-16-27(23-12-11-20(2)26(15-23)29(4)5)31-28-14-13-25(19-33(24)28)32(17-21(3)30)18-22-9-7-10-22/h8,11-16,19,22,30H,6-7,9-10,17-18H2,1-5H3/b24-8-,30-21?. The molecule has 4 nitrogen and oxygen atoms in total. The monoisotopic (exact) mass is 440 g/mol. The maximum absolute atomic E-state index is 8.08. The zero-order valence-corrected chi connectivity index (χ0v) is 20.9. The largest absolute Gasteiger partial charge is 0.365 e. The van der Waals surface area contributed by atoms with Gasteiger partial charge >= 0.3 is 0 Å². The van der Waals surface area contributed by atoms with Gasteiger partial charge in [0.2, 0.25) is 0 Å². The summed E-state index contributed by atoms with van der Waals surface area (Å²) < 4.78 is 0. The van der Waals surface area contributed by atoms with Gasteiger partial charge in [0.15, 0.2) is 6.71 Å². The highest BCUT2D eigenvalue weighted by Crippen LogP contribution is 2.32. The lowest BCUT2D eigenvalue weighted by atomic mass is 9.48. The summed E-state index contributed by atoms with van der Waals surface area (Å²) in [5, 5.41) is 8.08. The zero-order valence-electron chi connectivity index (χ0n) is 20.9. The van der Waals surface area contributed by atoms with Gasteiger partial charge in [-0.3, -0.25) is 0 Å². The third-order valence-electron chi connectivity index (χ3n) is 6.82. The Labute approximate surface area is 200 Å². The molecule has 0 unspecified atom stereocenters. The van der Waals surface area contributed by atoms with E-state index in [2.05, 4.69) is 86.0 Å². The number of rotatable bonds is 8. The summed E-state index contributed by atoms with van der Waals surface area (Å²) in [6.45, 7) is 13.0. The molecule has 1 N–H and O–H groups in total. The minimum Gasteiger partial charge on any atom is -0.365 e. The Bertz CT molecular complexity index is 1070. The number of hydrogen-bond donors (Lipinski definition) is 1. The molecule has 0 atom stereocenters. The third-order valence-corrected chi connectivity index (χ3v) is 6.82. The minimum absolute atomic E-state index is 0.489. The van der Waals surface area contributed by atoms with Gasteiger partial charge in [-0.1, -0.05) is 62.3 Å². The summed E-state index contributed by atoms with van der Waals surface area (Å²) in [5.41, 5.74) is 7.95. The van der Waals surface area contributed by atoms with E-state index in [0.717, 1.165) is 30.4 Å². The summed E-state index contributed by atoms with van der Waals surface area (Å²) in [6, 6.07) is 6.71. The Hall–Kier alpha value is -2.82. The number of allylic oxidation sites excluding steroid dienone is 3. The van der Waals surface area contributed by atoms with E-state index in [9.17, 15) is 0 Å². The first-order chi connectivity index (χ1) is 15.9. The zero-order chi connectivity index (χ0) is 23.5. The van der Waals surface area contributed by atoms with Crippen LogP contribution in [0.25, 0.3) is 5.70 Å². The molecule has 1 aliphatic carbocycles. The Morgan fingerprint density at radius 2 is 2.06 bits per heavy atom. The second kappa shape index (κ2) is 9.99. The number of aryl methyl sites for hydroxylation is 1. The van der Waals surface area contributed by atoms with Crippen LogP contribution in [0.2, 0.25) is 13.6 Å². The molecule has 0 saturated heterocycles. The fourth-order valence-corrected chi connectivity index (χ4v) is 4.80. The van der Waals surface area contributed by atoms with Gasteiger partial charge in [0, 0.05) is 24.2 Å². The van der Waals surface area contributed by atoms with Crippen LogP contribution in [-0.4, -0.2) is 41.1 Å². The summed E-state index contributed by atoms with van der Waals surface area (Å²) in [4.78, 5) is 9.64. The highest BCUT2D eigenvalue weighted by Gasteiger charge is 2.26. The molecule has 0 aromatic heterocycles. The van der Waals surface area contributed by atoms with Crippen molar-refractivity contribution in [3.8, 4) is 0 Å². The molecule has 0 bridgehead atoms. The van der Waals surface area contributed by atoms with Crippen molar-refractivity contribution in [1.29, 1.82) is 5.41 Å². The first-order valence-corrected chi connectivity index (χ1v) is 12.4. The molecule has 1 aromatic carbocycles. The molecule has 1 fully saturated rings. The summed E-state index contributed by atoms with van der Waals surface area (Å²) in [7, 11) is 0. The molecule has 2 aliphatic heterocycles. The van der Waals surface area contributed by atoms with Crippen LogP contribution in [0.5, 0.6) is 0 Å². The van der Waals surface area contributed by atoms with Crippen molar-refractivity contribution in [3.05, 3.63) is 71.2 Å². The molecule has 0 spiro atoms. The van der Waals surface area contributed by atoms with Gasteiger partial charge in [-0.25, -0.2) is 4.99 Å². The van der Waals surface area contributed by atoms with Gasteiger partial charge in [0.05, 0.1) is 17.9 Å². The second-order valence-corrected chi connectivity index (χ2v) is 9.98. The number of hydrogen-bond acceptors (Lipinski definition) is 4. The molecular weight excluding hydrogens is 403 g/mol. The van der Waals surface area contributed by atoms with Crippen LogP contribution < -0.4 is 5.46 Å². The fourth-order valence-electron chi connectivity index (χ4n) is 4.80. The lowest BCUT2D eigenvalue weighted by molar-refractivity contribution is 0.228. The van der Waals surface area contributed by atoms with Gasteiger partial charge < -0.3 is 15.2 Å². The van der Waals surface area contributed by atoms with Crippen LogP contribution in [0.3, 0.4) is 0 Å². The minimum atomic E-state index is 0.489. The fraction of sp³-hybridized carbons (Fsp3) is 0.429. The summed E-state index contributed by atoms with van der Waals surface area (Å²) in [6.07, 6.45) is 15.9. The van der Waals surface area contributed by atoms with Gasteiger partial charge in [-0.15, -0.1) is 0 Å². The van der Waals surface area contributed by atoms with E-state index in [-0.39, 0.29) is 0 Å². The number of nitrogens with one attached hydrogen (secondary N) is 1. The topological polar surface area (TPSA) is 42.7 Å². The average molecular weight is 440 g/mol. The average Bonchev–Trinajstić information content (AvgIpc) is 2.75. The normalized spacial score (nSPS) is 18.9. The molecule has 1 saturated carbocycles. The molecule has 1 aromatic rings. The Balaban J connectivity index is 1.66. The number of amidine groups is 1. The van der Waals surface area contributed by atoms with Crippen LogP contribution in [-0.2, 0) is 0 Å². The highest BCUT2D eigenvalue weighted by atomic mass is 15.2. The number of nitrogens with zero attached hydrogens (tertiary/aromatic N) is 3. The van der Waals surface area contributed by atoms with Crippen LogP contribution in [0, 0.1) is 18.3 Å². The molecule has 5 heteroatoms. The third kappa shape index (κ3) is 5.24. The van der Waals surface area contributed by atoms with E-state index in [4.69, 9.17) is 10.4 Å². The number of fused-ring (bicyclic) bond motifs is 1. The summed E-state index contributed by atoms with van der Waals surface area (Å²) in [5.74, 6) is 1.71. The second-order valence-electron chi connectivity index (χ2n) is 9.98. The van der Waals surface area contributed by atoms with Crippen molar-refractivity contribution in [2.24, 2.45) is 10.9 Å². The van der Waals surface area contributed by atoms with Crippen molar-refractivity contribution >= 4 is 29.4 Å². The van der Waals surface area contributed by atoms with Crippen molar-refractivity contribution < 1.29 is 0 Å². The van der Waals surface area contributed by atoms with Gasteiger partial charge in [0.1, 0.15) is 5.84 Å². The molecule has 0 amide bonds. The maximum Gasteiger partial charge on any atom is 0.169 e. The van der Waals surface area contributed by atoms with Crippen LogP contribution in [0.1, 0.15) is 50.7 Å². The Kier molecular flexibility index (Phi) is 7.06. The van der Waals surface area contributed by atoms with Crippen molar-refractivity contribution in [3.63, 3.8) is 0 Å². The first-order valence-electron chi connectivity index (χ1n) is 12.4. The quantitative estimate of drug-likeness (QED) is 0.407. The van der Waals surface area contributed by atoms with E-state index >= 15 is 0 Å². The van der Waals surface area contributed by atoms with Gasteiger partial charge in [0.25, 0.3) is 0 Å². The maximum atomic E-state index is 8.08. The van der Waals surface area contributed by atoms with Gasteiger partial charge in [-0.05, 0) is 62.8 Å². The van der Waals surface area contributed by atoms with Crippen molar-refractivity contribution in [2.75, 3.05) is 13.1 Å². The molecule has 172 valence electrons. The molecule has 2 heterocycles. The highest BCUT2D eigenvalue weighted by molar-refractivity contribution is 6.71. The van der Waals surface area contributed by atoms with E-state index in [1.165, 1.54) is 47.2 Å². The van der Waals surface area contributed by atoms with Crippen LogP contribution in [0.15, 0.2) is 65.1 Å². The van der Waals surface area contributed by atoms with Crippen LogP contribution in [0.4, 0.5) is 0 Å². The van der Waals surface area contributed by atoms with Gasteiger partial charge in [-0.2, -0.15) is 0 Å². The predicted molar refractivity (Wildman–Crippen MR) is 143 cm³/mol. The SMILES string of the molecule is CC/C=C1/C=C(c2ccc(C)c(B(C)C)c2)N=C2C=CC(N(CC(C)=N)CC3CCC3)=CN21. The Morgan fingerprint density at radius 1 is 1.27 bits per heavy atom. The molecule has 33 heavy (non-hydrogen) atoms. The Morgan fingerprint density at radius 3 is 2.70 bits per heavy atom. The smallest absolute Gasteiger partial charge is 0.169 e. The van der Waals surface area contributed by atoms with E-state index in [1.807, 2.05) is 6.92 Å². The lowest BCUT2D eigenvalue weighted by Gasteiger charge is -2.37. The molecule has 4 rings (SSSR count). The van der Waals surface area contributed by atoms with E-state index in [1.54, 1.807) is 0 Å². The molecule has 0 radical (unpaired) electrons. The first kappa shape index (κ1) is 23.3. The summed E-state index contributed by atoms with van der Waals surface area (Å²) >= 11 is 0. The number of aliphatic imine (C=N–C) groups is 1. The van der Waals surface area contributed by atoms with E-state index < -0.39 is 0 Å².